The molecular weight excluding hydrogens is 721 g/mol. The van der Waals surface area contributed by atoms with Gasteiger partial charge in [0.05, 0.1) is 0 Å². The Morgan fingerprint density at radius 3 is 0.300 bits per heavy atom. The van der Waals surface area contributed by atoms with Crippen LogP contribution < -0.4 is 0 Å². The summed E-state index contributed by atoms with van der Waals surface area (Å²) in [7, 11) is 0. The van der Waals surface area contributed by atoms with E-state index in [0.717, 1.165) is 64.6 Å². The normalized spacial score (nSPS) is 10.6. The average molecular weight is 757 g/mol. The molecule has 0 aliphatic rings. The minimum Gasteiger partial charge on any atom is -0.0617 e. The van der Waals surface area contributed by atoms with Crippen LogP contribution in [0, 0.1) is 36.4 Å². The summed E-state index contributed by atoms with van der Waals surface area (Å²) in [5.41, 5.74) is 0. The van der Waals surface area contributed by atoms with Crippen LogP contribution in [0.5, 0.6) is 0 Å². The molecule has 0 saturated carbocycles. The molecule has 0 radical (unpaired) electrons. The van der Waals surface area contributed by atoms with E-state index in [0.29, 0.717) is 0 Å². The highest BCUT2D eigenvalue weighted by Gasteiger charge is 1.96. The zero-order valence-electron chi connectivity index (χ0n) is 32.8. The Balaban J connectivity index is 1.03. The molecule has 0 aromatic heterocycles. The SMILES string of the molecule is c1c2ccc(cc2)c2ccc(cc2)c2ccc(c#cc3ccc(cc3)c3ccc(cc3)c3ccc(c#cc4ccc(cc4)c4ccc(cc4)c4ccc(c#1)cc4)cc3)cc2. The van der Waals surface area contributed by atoms with Crippen molar-refractivity contribution in [2.24, 2.45) is 0 Å². The van der Waals surface area contributed by atoms with Gasteiger partial charge in [0.2, 0.25) is 0 Å². The first-order chi connectivity index (χ1) is 29.6. The van der Waals surface area contributed by atoms with Crippen molar-refractivity contribution in [2.45, 2.75) is 0 Å². The molecule has 0 saturated heterocycles. The third-order valence-corrected chi connectivity index (χ3v) is 11.0. The third kappa shape index (κ3) is 8.08. The van der Waals surface area contributed by atoms with Crippen molar-refractivity contribution < 1.29 is 0 Å². The van der Waals surface area contributed by atoms with Gasteiger partial charge in [-0.15, -0.1) is 0 Å². The first-order valence-corrected chi connectivity index (χ1v) is 20.1. The Morgan fingerprint density at radius 1 is 0.117 bits per heavy atom. The van der Waals surface area contributed by atoms with Gasteiger partial charge in [0.25, 0.3) is 0 Å². The van der Waals surface area contributed by atoms with Crippen LogP contribution in [0.15, 0.2) is 218 Å². The van der Waals surface area contributed by atoms with E-state index < -0.39 is 0 Å². The molecule has 0 heterocycles. The second kappa shape index (κ2) is 16.3. The van der Waals surface area contributed by atoms with Gasteiger partial charge in [-0.25, -0.2) is 0 Å². The van der Waals surface area contributed by atoms with Crippen LogP contribution in [0.4, 0.5) is 0 Å². The molecule has 22 rings (SSSR count). The summed E-state index contributed by atoms with van der Waals surface area (Å²) in [5.74, 6) is 0. The van der Waals surface area contributed by atoms with Crippen molar-refractivity contribution in [3.8, 4) is 0 Å². The fourth-order valence-corrected chi connectivity index (χ4v) is 7.47. The van der Waals surface area contributed by atoms with Crippen LogP contribution in [-0.2, 0) is 0 Å². The monoisotopic (exact) mass is 756 g/mol. The largest absolute Gasteiger partial charge is 0.0617 e. The number of hydrogen-bond acceptors (Lipinski definition) is 0. The number of fused-ring (bicyclic) bond motifs is 3. The van der Waals surface area contributed by atoms with Crippen molar-refractivity contribution in [2.75, 3.05) is 0 Å². The Labute approximate surface area is 350 Å². The molecule has 0 aliphatic heterocycles. The zero-order chi connectivity index (χ0) is 40.1. The number of hydrogen-bond donors (Lipinski definition) is 0. The Bertz CT molecular complexity index is 2810. The lowest BCUT2D eigenvalue weighted by molar-refractivity contribution is 1.78. The van der Waals surface area contributed by atoms with Gasteiger partial charge >= 0.3 is 0 Å². The average Bonchev–Trinajstić information content (AvgIpc) is 3.33. The summed E-state index contributed by atoms with van der Waals surface area (Å²) in [6, 6.07) is 97.1. The van der Waals surface area contributed by atoms with Gasteiger partial charge in [-0.2, -0.15) is 0 Å². The van der Waals surface area contributed by atoms with Crippen LogP contribution in [-0.4, -0.2) is 0 Å². The zero-order valence-corrected chi connectivity index (χ0v) is 32.8. The van der Waals surface area contributed by atoms with E-state index in [1.54, 1.807) is 0 Å². The highest BCUT2D eigenvalue weighted by atomic mass is 14.0. The minimum absolute atomic E-state index is 0.986. The van der Waals surface area contributed by atoms with Gasteiger partial charge in [0, 0.05) is 32.3 Å². The van der Waals surface area contributed by atoms with Gasteiger partial charge in [-0.05, 0) is 137 Å². The summed E-state index contributed by atoms with van der Waals surface area (Å²) in [4.78, 5) is 0. The van der Waals surface area contributed by atoms with E-state index in [1.807, 2.05) is 0 Å². The summed E-state index contributed by atoms with van der Waals surface area (Å²) in [6.07, 6.45) is 0. The standard InChI is InChI=1S/C60H36/c1-2-44-9-21-50(22-10-44)56-35-37-58(38-36-56)52-25-13-46(14-26-52)5-6-48-17-29-54(30-18-48)60-41-39-59(40-42-60)53-27-15-47(16-28-53)4-3-45-11-23-51(24-12-45)57-33-31-55(32-34-57)49-19-7-43(1)8-20-49/h7-42H. The van der Waals surface area contributed by atoms with E-state index in [-0.39, 0.29) is 0 Å². The lowest BCUT2D eigenvalue weighted by atomic mass is 10.1. The van der Waals surface area contributed by atoms with Gasteiger partial charge in [0.1, 0.15) is 0 Å². The quantitative estimate of drug-likeness (QED) is 0.145. The number of rotatable bonds is 0. The van der Waals surface area contributed by atoms with Crippen molar-refractivity contribution >= 4 is 97.0 Å². The highest BCUT2D eigenvalue weighted by Crippen LogP contribution is 2.21. The molecule has 0 nitrogen and oxygen atoms in total. The molecule has 22 aromatic rings. The fourth-order valence-electron chi connectivity index (χ4n) is 7.47. The molecule has 0 N–H and O–H groups in total. The Morgan fingerprint density at radius 2 is 0.200 bits per heavy atom. The van der Waals surface area contributed by atoms with Crippen molar-refractivity contribution in [3.63, 3.8) is 0 Å². The first kappa shape index (κ1) is 36.0. The predicted octanol–water partition coefficient (Wildman–Crippen LogP) is 15.9. The minimum atomic E-state index is 0.986. The van der Waals surface area contributed by atoms with E-state index in [9.17, 15) is 0 Å². The fraction of sp³-hybridized carbons (Fsp3) is 0. The Hall–Kier alpha value is -8.34. The predicted molar refractivity (Wildman–Crippen MR) is 256 cm³/mol. The van der Waals surface area contributed by atoms with Gasteiger partial charge in [-0.3, -0.25) is 0 Å². The lowest BCUT2D eigenvalue weighted by Gasteiger charge is -1.97. The summed E-state index contributed by atoms with van der Waals surface area (Å²) >= 11 is 0. The summed E-state index contributed by atoms with van der Waals surface area (Å²) in [5, 5.41) is 19.9. The molecule has 276 valence electrons. The van der Waals surface area contributed by atoms with E-state index in [2.05, 4.69) is 255 Å². The Kier molecular flexibility index (Phi) is 9.76. The summed E-state index contributed by atoms with van der Waals surface area (Å²) < 4.78 is 0. The summed E-state index contributed by atoms with van der Waals surface area (Å²) in [6.45, 7) is 0. The third-order valence-electron chi connectivity index (χ3n) is 11.0. The molecule has 0 atom stereocenters. The molecule has 0 spiro atoms. The molecule has 22 aromatic carbocycles. The van der Waals surface area contributed by atoms with Crippen LogP contribution in [0.3, 0.4) is 0 Å². The van der Waals surface area contributed by atoms with E-state index >= 15 is 0 Å². The second-order valence-corrected chi connectivity index (χ2v) is 14.9. The lowest BCUT2D eigenvalue weighted by Crippen LogP contribution is -1.72. The highest BCUT2D eigenvalue weighted by molar-refractivity contribution is 5.92. The smallest absolute Gasteiger partial charge is 0.0249 e. The molecule has 0 fully saturated rings. The van der Waals surface area contributed by atoms with Gasteiger partial charge < -0.3 is 0 Å². The van der Waals surface area contributed by atoms with Crippen LogP contribution in [0.25, 0.3) is 97.0 Å². The van der Waals surface area contributed by atoms with E-state index in [4.69, 9.17) is 0 Å². The molecular formula is C60H36. The van der Waals surface area contributed by atoms with E-state index in [1.165, 1.54) is 32.3 Å². The first-order valence-electron chi connectivity index (χ1n) is 20.1. The maximum Gasteiger partial charge on any atom is 0.0249 e. The van der Waals surface area contributed by atoms with Gasteiger partial charge in [-0.1, -0.05) is 182 Å². The topological polar surface area (TPSA) is 0 Å². The van der Waals surface area contributed by atoms with Crippen LogP contribution in [0.2, 0.25) is 0 Å². The van der Waals surface area contributed by atoms with Crippen LogP contribution >= 0.6 is 0 Å². The van der Waals surface area contributed by atoms with Crippen molar-refractivity contribution in [3.05, 3.63) is 255 Å². The molecule has 0 unspecified atom stereocenters. The molecule has 0 amide bonds. The maximum atomic E-state index is 3.34. The molecule has 0 aliphatic carbocycles. The maximum absolute atomic E-state index is 3.34. The molecule has 60 heavy (non-hydrogen) atoms. The van der Waals surface area contributed by atoms with Gasteiger partial charge in [0.15, 0.2) is 0 Å². The molecule has 0 heteroatoms. The van der Waals surface area contributed by atoms with Crippen LogP contribution in [0.1, 0.15) is 0 Å². The number of benzene rings is 9. The van der Waals surface area contributed by atoms with Crippen molar-refractivity contribution in [1.29, 1.82) is 0 Å². The molecule has 18 bridgehead atoms. The van der Waals surface area contributed by atoms with Crippen molar-refractivity contribution in [1.82, 2.24) is 0 Å². The second-order valence-electron chi connectivity index (χ2n) is 14.9.